The molecule has 2 nitrogen and oxygen atoms in total. The summed E-state index contributed by atoms with van der Waals surface area (Å²) in [5.74, 6) is -0.218. The van der Waals surface area contributed by atoms with Crippen molar-refractivity contribution in [3.63, 3.8) is 0 Å². The zero-order valence-electron chi connectivity index (χ0n) is 8.38. The van der Waals surface area contributed by atoms with Crippen molar-refractivity contribution in [1.29, 1.82) is 0 Å². The van der Waals surface area contributed by atoms with E-state index in [1.165, 1.54) is 6.07 Å². The van der Waals surface area contributed by atoms with Crippen molar-refractivity contribution < 1.29 is 9.23 Å². The van der Waals surface area contributed by atoms with E-state index in [-0.39, 0.29) is 5.82 Å². The molecule has 0 saturated carbocycles. The molecule has 1 aromatic rings. The van der Waals surface area contributed by atoms with E-state index in [4.69, 9.17) is 4.84 Å². The maximum atomic E-state index is 13.2. The van der Waals surface area contributed by atoms with E-state index in [9.17, 15) is 4.39 Å². The molecule has 2 rings (SSSR count). The Hall–Kier alpha value is -0.450. The minimum absolute atomic E-state index is 0.218. The van der Waals surface area contributed by atoms with Crippen LogP contribution in [0.4, 0.5) is 4.39 Å². The molecule has 1 saturated heterocycles. The first-order valence-corrected chi connectivity index (χ1v) is 5.87. The number of nitrogens with zero attached hydrogens (tertiary/aromatic N) is 1. The Bertz CT molecular complexity index is 339. The summed E-state index contributed by atoms with van der Waals surface area (Å²) in [5.41, 5.74) is 0.928. The van der Waals surface area contributed by atoms with E-state index in [1.807, 2.05) is 11.1 Å². The summed E-state index contributed by atoms with van der Waals surface area (Å²) in [6.07, 6.45) is 2.26. The molecule has 4 heteroatoms. The minimum Gasteiger partial charge on any atom is -0.299 e. The second kappa shape index (κ2) is 5.05. The van der Waals surface area contributed by atoms with Gasteiger partial charge in [0.1, 0.15) is 5.82 Å². The largest absolute Gasteiger partial charge is 0.299 e. The highest BCUT2D eigenvalue weighted by molar-refractivity contribution is 9.10. The Kier molecular flexibility index (Phi) is 3.72. The molecule has 0 radical (unpaired) electrons. The first kappa shape index (κ1) is 11.0. The lowest BCUT2D eigenvalue weighted by Gasteiger charge is -2.26. The highest BCUT2D eigenvalue weighted by atomic mass is 79.9. The summed E-state index contributed by atoms with van der Waals surface area (Å²) in [7, 11) is 0. The third-order valence-corrected chi connectivity index (χ3v) is 3.34. The summed E-state index contributed by atoms with van der Waals surface area (Å²) in [4.78, 5) is 5.47. The van der Waals surface area contributed by atoms with Gasteiger partial charge < -0.3 is 0 Å². The van der Waals surface area contributed by atoms with Gasteiger partial charge in [0, 0.05) is 6.54 Å². The fraction of sp³-hybridized carbons (Fsp3) is 0.455. The lowest BCUT2D eigenvalue weighted by Crippen LogP contribution is -2.29. The lowest BCUT2D eigenvalue weighted by molar-refractivity contribution is -0.187. The molecule has 0 bridgehead atoms. The van der Waals surface area contributed by atoms with E-state index in [0.29, 0.717) is 11.0 Å². The molecule has 1 fully saturated rings. The molecular weight excluding hydrogens is 261 g/mol. The smallest absolute Gasteiger partial charge is 0.137 e. The number of hydrogen-bond donors (Lipinski definition) is 0. The standard InChI is InChI=1S/C11H13BrFNO/c12-11-9(4-3-5-10(11)13)8-14-6-1-2-7-15-14/h3-5H,1-2,6-8H2. The average molecular weight is 274 g/mol. The number of halogens is 2. The van der Waals surface area contributed by atoms with Crippen molar-refractivity contribution in [2.75, 3.05) is 13.2 Å². The van der Waals surface area contributed by atoms with Gasteiger partial charge in [-0.3, -0.25) is 4.84 Å². The second-order valence-corrected chi connectivity index (χ2v) is 4.41. The zero-order chi connectivity index (χ0) is 10.7. The highest BCUT2D eigenvalue weighted by Gasteiger charge is 2.13. The Morgan fingerprint density at radius 2 is 2.27 bits per heavy atom. The normalized spacial score (nSPS) is 18.0. The van der Waals surface area contributed by atoms with Gasteiger partial charge in [-0.05, 0) is 40.4 Å². The lowest BCUT2D eigenvalue weighted by atomic mass is 10.2. The van der Waals surface area contributed by atoms with Crippen molar-refractivity contribution in [3.05, 3.63) is 34.1 Å². The molecule has 1 aromatic carbocycles. The summed E-state index contributed by atoms with van der Waals surface area (Å²) < 4.78 is 13.8. The summed E-state index contributed by atoms with van der Waals surface area (Å²) in [6, 6.07) is 5.08. The van der Waals surface area contributed by atoms with Gasteiger partial charge >= 0.3 is 0 Å². The van der Waals surface area contributed by atoms with Crippen LogP contribution in [0.25, 0.3) is 0 Å². The predicted octanol–water partition coefficient (Wildman–Crippen LogP) is 3.12. The van der Waals surface area contributed by atoms with Crippen LogP contribution >= 0.6 is 15.9 Å². The molecule has 0 unspecified atom stereocenters. The molecular formula is C11H13BrFNO. The van der Waals surface area contributed by atoms with Gasteiger partial charge in [0.05, 0.1) is 17.6 Å². The summed E-state index contributed by atoms with van der Waals surface area (Å²) >= 11 is 3.25. The third-order valence-electron chi connectivity index (χ3n) is 2.45. The Balaban J connectivity index is 2.06. The number of hydrogen-bond acceptors (Lipinski definition) is 2. The molecule has 82 valence electrons. The molecule has 0 aliphatic carbocycles. The van der Waals surface area contributed by atoms with E-state index >= 15 is 0 Å². The molecule has 0 aromatic heterocycles. The third kappa shape index (κ3) is 2.77. The molecule has 1 aliphatic rings. The van der Waals surface area contributed by atoms with Crippen LogP contribution < -0.4 is 0 Å². The van der Waals surface area contributed by atoms with Gasteiger partial charge in [0.15, 0.2) is 0 Å². The van der Waals surface area contributed by atoms with E-state index < -0.39 is 0 Å². The molecule has 1 aliphatic heterocycles. The summed E-state index contributed by atoms with van der Waals surface area (Å²) in [5, 5.41) is 1.89. The number of hydroxylamine groups is 2. The van der Waals surface area contributed by atoms with Crippen molar-refractivity contribution in [2.24, 2.45) is 0 Å². The molecule has 0 amide bonds. The minimum atomic E-state index is -0.218. The number of benzene rings is 1. The van der Waals surface area contributed by atoms with Gasteiger partial charge in [0.25, 0.3) is 0 Å². The van der Waals surface area contributed by atoms with Crippen LogP contribution in [-0.2, 0) is 11.4 Å². The maximum Gasteiger partial charge on any atom is 0.137 e. The van der Waals surface area contributed by atoms with Gasteiger partial charge in [-0.2, -0.15) is 5.06 Å². The second-order valence-electron chi connectivity index (χ2n) is 3.62. The average Bonchev–Trinajstić information content (AvgIpc) is 2.26. The van der Waals surface area contributed by atoms with Crippen LogP contribution in [0.3, 0.4) is 0 Å². The fourth-order valence-electron chi connectivity index (χ4n) is 1.63. The quantitative estimate of drug-likeness (QED) is 0.821. The zero-order valence-corrected chi connectivity index (χ0v) is 9.96. The maximum absolute atomic E-state index is 13.2. The SMILES string of the molecule is Fc1cccc(CN2CCCCO2)c1Br. The van der Waals surface area contributed by atoms with E-state index in [2.05, 4.69) is 15.9 Å². The highest BCUT2D eigenvalue weighted by Crippen LogP contribution is 2.22. The van der Waals surface area contributed by atoms with E-state index in [1.54, 1.807) is 6.07 Å². The van der Waals surface area contributed by atoms with Crippen LogP contribution in [0.2, 0.25) is 0 Å². The Morgan fingerprint density at radius 1 is 1.40 bits per heavy atom. The Labute approximate surface area is 97.1 Å². The van der Waals surface area contributed by atoms with Crippen molar-refractivity contribution >= 4 is 15.9 Å². The van der Waals surface area contributed by atoms with Gasteiger partial charge in [-0.1, -0.05) is 12.1 Å². The predicted molar refractivity (Wildman–Crippen MR) is 59.7 cm³/mol. The molecule has 1 heterocycles. The monoisotopic (exact) mass is 273 g/mol. The first-order chi connectivity index (χ1) is 7.27. The van der Waals surface area contributed by atoms with Gasteiger partial charge in [-0.15, -0.1) is 0 Å². The molecule has 0 atom stereocenters. The van der Waals surface area contributed by atoms with Crippen LogP contribution in [0.1, 0.15) is 18.4 Å². The van der Waals surface area contributed by atoms with E-state index in [0.717, 1.165) is 31.6 Å². The van der Waals surface area contributed by atoms with Gasteiger partial charge in [-0.25, -0.2) is 4.39 Å². The van der Waals surface area contributed by atoms with Crippen LogP contribution in [-0.4, -0.2) is 18.2 Å². The first-order valence-electron chi connectivity index (χ1n) is 5.08. The van der Waals surface area contributed by atoms with Crippen LogP contribution in [0, 0.1) is 5.82 Å². The molecule has 15 heavy (non-hydrogen) atoms. The van der Waals surface area contributed by atoms with Gasteiger partial charge in [0.2, 0.25) is 0 Å². The Morgan fingerprint density at radius 3 is 3.00 bits per heavy atom. The van der Waals surface area contributed by atoms with Crippen molar-refractivity contribution in [2.45, 2.75) is 19.4 Å². The molecule has 0 N–H and O–H groups in total. The van der Waals surface area contributed by atoms with Crippen LogP contribution in [0.15, 0.2) is 22.7 Å². The van der Waals surface area contributed by atoms with Crippen molar-refractivity contribution in [3.8, 4) is 0 Å². The van der Waals surface area contributed by atoms with Crippen molar-refractivity contribution in [1.82, 2.24) is 5.06 Å². The fourth-order valence-corrected chi connectivity index (χ4v) is 2.02. The topological polar surface area (TPSA) is 12.5 Å². The number of rotatable bonds is 2. The van der Waals surface area contributed by atoms with Crippen LogP contribution in [0.5, 0.6) is 0 Å². The molecule has 0 spiro atoms. The summed E-state index contributed by atoms with van der Waals surface area (Å²) in [6.45, 7) is 2.33.